The number of hydrogen-bond donors (Lipinski definition) is 1. The van der Waals surface area contributed by atoms with Crippen LogP contribution in [-0.2, 0) is 0 Å². The number of anilines is 1. The van der Waals surface area contributed by atoms with Gasteiger partial charge in [0.05, 0.1) is 12.4 Å². The van der Waals surface area contributed by atoms with Crippen molar-refractivity contribution in [1.82, 2.24) is 14.9 Å². The van der Waals surface area contributed by atoms with Gasteiger partial charge >= 0.3 is 0 Å². The molecule has 1 fully saturated rings. The summed E-state index contributed by atoms with van der Waals surface area (Å²) in [4.78, 5) is 24.0. The third-order valence-electron chi connectivity index (χ3n) is 3.79. The van der Waals surface area contributed by atoms with E-state index in [0.29, 0.717) is 17.7 Å². The molecule has 0 bridgehead atoms. The van der Waals surface area contributed by atoms with Crippen molar-refractivity contribution in [2.75, 3.05) is 38.1 Å². The van der Waals surface area contributed by atoms with Gasteiger partial charge in [-0.2, -0.15) is 0 Å². The lowest BCUT2D eigenvalue weighted by Gasteiger charge is -2.23. The third kappa shape index (κ3) is 4.39. The first kappa shape index (κ1) is 15.7. The summed E-state index contributed by atoms with van der Waals surface area (Å²) in [6.07, 6.45) is 4.28. The minimum atomic E-state index is -0.540. The second kappa shape index (κ2) is 6.85. The van der Waals surface area contributed by atoms with Crippen LogP contribution in [0, 0.1) is 11.8 Å². The summed E-state index contributed by atoms with van der Waals surface area (Å²) in [6.45, 7) is 8.90. The van der Waals surface area contributed by atoms with Crippen LogP contribution in [-0.4, -0.2) is 54.0 Å². The highest BCUT2D eigenvalue weighted by atomic mass is 16.1. The molecule has 1 aromatic heterocycles. The Bertz CT molecular complexity index is 491. The van der Waals surface area contributed by atoms with Crippen LogP contribution in [0.25, 0.3) is 0 Å². The molecule has 1 atom stereocenters. The summed E-state index contributed by atoms with van der Waals surface area (Å²) >= 11 is 0. The van der Waals surface area contributed by atoms with Crippen molar-refractivity contribution in [1.29, 1.82) is 0 Å². The molecule has 6 heteroatoms. The molecule has 6 nitrogen and oxygen atoms in total. The van der Waals surface area contributed by atoms with E-state index in [9.17, 15) is 4.79 Å². The summed E-state index contributed by atoms with van der Waals surface area (Å²) in [7, 11) is 1.99. The molecule has 1 aromatic rings. The first-order chi connectivity index (χ1) is 9.95. The van der Waals surface area contributed by atoms with E-state index in [2.05, 4.69) is 33.6 Å². The molecule has 0 saturated carbocycles. The van der Waals surface area contributed by atoms with Gasteiger partial charge in [0.1, 0.15) is 11.5 Å². The first-order valence-corrected chi connectivity index (χ1v) is 7.51. The van der Waals surface area contributed by atoms with E-state index in [0.717, 1.165) is 19.6 Å². The number of likely N-dealkylation sites (tertiary alicyclic amines) is 1. The lowest BCUT2D eigenvalue weighted by molar-refractivity contribution is 0.0995. The number of carbonyl (C=O) groups is 1. The van der Waals surface area contributed by atoms with Crippen LogP contribution in [0.15, 0.2) is 12.4 Å². The van der Waals surface area contributed by atoms with Crippen molar-refractivity contribution in [2.45, 2.75) is 20.3 Å². The van der Waals surface area contributed by atoms with Crippen molar-refractivity contribution >= 4 is 11.7 Å². The van der Waals surface area contributed by atoms with Crippen LogP contribution in [0.2, 0.25) is 0 Å². The topological polar surface area (TPSA) is 75.3 Å². The first-order valence-electron chi connectivity index (χ1n) is 7.51. The Balaban J connectivity index is 1.91. The highest BCUT2D eigenvalue weighted by Crippen LogP contribution is 2.20. The zero-order valence-electron chi connectivity index (χ0n) is 13.1. The molecule has 1 saturated heterocycles. The van der Waals surface area contributed by atoms with Crippen molar-refractivity contribution in [3.05, 3.63) is 18.1 Å². The summed E-state index contributed by atoms with van der Waals surface area (Å²) in [6, 6.07) is 0. The fraction of sp³-hybridized carbons (Fsp3) is 0.667. The van der Waals surface area contributed by atoms with E-state index in [-0.39, 0.29) is 5.69 Å². The molecule has 2 rings (SSSR count). The molecule has 2 N–H and O–H groups in total. The number of nitrogens with zero attached hydrogens (tertiary/aromatic N) is 4. The van der Waals surface area contributed by atoms with Gasteiger partial charge in [0.15, 0.2) is 0 Å². The normalized spacial score (nSPS) is 19.1. The second-order valence-electron chi connectivity index (χ2n) is 6.32. The zero-order valence-corrected chi connectivity index (χ0v) is 13.1. The summed E-state index contributed by atoms with van der Waals surface area (Å²) in [5, 5.41) is 0. The summed E-state index contributed by atoms with van der Waals surface area (Å²) in [5.41, 5.74) is 5.46. The molecule has 0 aromatic carbocycles. The Morgan fingerprint density at radius 1 is 1.52 bits per heavy atom. The number of primary amides is 1. The van der Waals surface area contributed by atoms with Gasteiger partial charge in [-0.1, -0.05) is 13.8 Å². The average Bonchev–Trinajstić information content (AvgIpc) is 2.85. The van der Waals surface area contributed by atoms with Gasteiger partial charge < -0.3 is 15.5 Å². The molecule has 21 heavy (non-hydrogen) atoms. The van der Waals surface area contributed by atoms with Crippen LogP contribution in [0.4, 0.5) is 5.82 Å². The Morgan fingerprint density at radius 2 is 2.29 bits per heavy atom. The van der Waals surface area contributed by atoms with Crippen LogP contribution in [0.1, 0.15) is 30.8 Å². The van der Waals surface area contributed by atoms with Crippen molar-refractivity contribution in [2.24, 2.45) is 17.6 Å². The molecule has 0 aliphatic carbocycles. The van der Waals surface area contributed by atoms with E-state index < -0.39 is 5.91 Å². The van der Waals surface area contributed by atoms with Gasteiger partial charge in [-0.25, -0.2) is 4.98 Å². The van der Waals surface area contributed by atoms with Gasteiger partial charge in [0.2, 0.25) is 0 Å². The Kier molecular flexibility index (Phi) is 5.12. The SMILES string of the molecule is CC(C)CN1CC[C@H](CN(C)c2cncc(C(N)=O)n2)C1. The number of hydrogen-bond acceptors (Lipinski definition) is 5. The molecular formula is C15H25N5O. The number of aromatic nitrogens is 2. The van der Waals surface area contributed by atoms with Crippen molar-refractivity contribution < 1.29 is 4.79 Å². The number of rotatable bonds is 6. The predicted molar refractivity (Wildman–Crippen MR) is 83.2 cm³/mol. The smallest absolute Gasteiger partial charge is 0.268 e. The van der Waals surface area contributed by atoms with Crippen molar-refractivity contribution in [3.63, 3.8) is 0 Å². The monoisotopic (exact) mass is 291 g/mol. The third-order valence-corrected chi connectivity index (χ3v) is 3.79. The van der Waals surface area contributed by atoms with Crippen LogP contribution >= 0.6 is 0 Å². The van der Waals surface area contributed by atoms with Crippen LogP contribution in [0.3, 0.4) is 0 Å². The Labute approximate surface area is 126 Å². The fourth-order valence-electron chi connectivity index (χ4n) is 2.88. The van der Waals surface area contributed by atoms with Gasteiger partial charge in [0.25, 0.3) is 5.91 Å². The maximum atomic E-state index is 11.2. The highest BCUT2D eigenvalue weighted by Gasteiger charge is 2.24. The highest BCUT2D eigenvalue weighted by molar-refractivity contribution is 5.90. The van der Waals surface area contributed by atoms with Gasteiger partial charge in [-0.3, -0.25) is 9.78 Å². The predicted octanol–water partition coefficient (Wildman–Crippen LogP) is 0.990. The molecule has 0 radical (unpaired) electrons. The number of nitrogens with two attached hydrogens (primary N) is 1. The summed E-state index contributed by atoms with van der Waals surface area (Å²) < 4.78 is 0. The lowest BCUT2D eigenvalue weighted by atomic mass is 10.1. The number of carbonyl (C=O) groups excluding carboxylic acids is 1. The van der Waals surface area contributed by atoms with Crippen molar-refractivity contribution in [3.8, 4) is 0 Å². The van der Waals surface area contributed by atoms with E-state index in [1.165, 1.54) is 19.2 Å². The zero-order chi connectivity index (χ0) is 15.4. The Morgan fingerprint density at radius 3 is 2.95 bits per heavy atom. The molecule has 2 heterocycles. The van der Waals surface area contributed by atoms with Crippen LogP contribution in [0.5, 0.6) is 0 Å². The number of amides is 1. The van der Waals surface area contributed by atoms with E-state index in [1.807, 2.05) is 7.05 Å². The lowest BCUT2D eigenvalue weighted by Crippen LogP contribution is -2.30. The largest absolute Gasteiger partial charge is 0.364 e. The minimum Gasteiger partial charge on any atom is -0.364 e. The van der Waals surface area contributed by atoms with Gasteiger partial charge in [-0.05, 0) is 24.8 Å². The quantitative estimate of drug-likeness (QED) is 0.846. The average molecular weight is 291 g/mol. The molecule has 1 aliphatic rings. The summed E-state index contributed by atoms with van der Waals surface area (Å²) in [5.74, 6) is 1.50. The minimum absolute atomic E-state index is 0.215. The van der Waals surface area contributed by atoms with Gasteiger partial charge in [-0.15, -0.1) is 0 Å². The van der Waals surface area contributed by atoms with Crippen LogP contribution < -0.4 is 10.6 Å². The van der Waals surface area contributed by atoms with E-state index in [4.69, 9.17) is 5.73 Å². The molecule has 1 aliphatic heterocycles. The maximum Gasteiger partial charge on any atom is 0.268 e. The van der Waals surface area contributed by atoms with E-state index in [1.54, 1.807) is 6.20 Å². The molecule has 116 valence electrons. The Hall–Kier alpha value is -1.69. The van der Waals surface area contributed by atoms with Gasteiger partial charge in [0, 0.05) is 26.7 Å². The molecule has 1 amide bonds. The maximum absolute atomic E-state index is 11.2. The molecular weight excluding hydrogens is 266 g/mol. The standard InChI is InChI=1S/C15H25N5O/c1-11(2)8-20-5-4-12(10-20)9-19(3)14-7-17-6-13(18-14)15(16)21/h6-7,11-12H,4-5,8-10H2,1-3H3,(H2,16,21)/t12-/m1/s1. The molecule has 0 unspecified atom stereocenters. The fourth-order valence-corrected chi connectivity index (χ4v) is 2.88. The molecule has 0 spiro atoms. The van der Waals surface area contributed by atoms with E-state index >= 15 is 0 Å². The second-order valence-corrected chi connectivity index (χ2v) is 6.32.